The van der Waals surface area contributed by atoms with Gasteiger partial charge in [-0.1, -0.05) is 115 Å². The first-order valence-electron chi connectivity index (χ1n) is 16.1. The number of hydrogen-bond acceptors (Lipinski definition) is 4. The molecular weight excluding hydrogens is 625 g/mol. The zero-order valence-electron chi connectivity index (χ0n) is 26.8. The number of benzene rings is 7. The van der Waals surface area contributed by atoms with Crippen molar-refractivity contribution in [2.75, 3.05) is 4.90 Å². The lowest BCUT2D eigenvalue weighted by Gasteiger charge is -2.27. The summed E-state index contributed by atoms with van der Waals surface area (Å²) in [5.41, 5.74) is 8.27. The van der Waals surface area contributed by atoms with Crippen molar-refractivity contribution in [1.29, 1.82) is 0 Å². The van der Waals surface area contributed by atoms with Crippen molar-refractivity contribution in [3.8, 4) is 22.6 Å². The number of nitrogens with zero attached hydrogens (tertiary/aromatic N) is 2. The highest BCUT2D eigenvalue weighted by Crippen LogP contribution is 2.46. The van der Waals surface area contributed by atoms with Gasteiger partial charge in [-0.2, -0.15) is 8.42 Å². The molecule has 8 aromatic rings. The number of rotatable bonds is 8. The average Bonchev–Trinajstić information content (AvgIpc) is 3.46. The van der Waals surface area contributed by atoms with Crippen LogP contribution in [0.25, 0.3) is 38.6 Å². The molecule has 0 aliphatic rings. The number of aryl methyl sites for hydroxylation is 1. The van der Waals surface area contributed by atoms with E-state index in [1.165, 1.54) is 0 Å². The van der Waals surface area contributed by atoms with E-state index in [1.807, 2.05) is 104 Å². The van der Waals surface area contributed by atoms with Crippen LogP contribution in [0.4, 0.5) is 17.1 Å². The molecule has 49 heavy (non-hydrogen) atoms. The van der Waals surface area contributed by atoms with Gasteiger partial charge >= 0.3 is 10.1 Å². The molecule has 0 atom stereocenters. The maximum Gasteiger partial charge on any atom is 0.339 e. The predicted octanol–water partition coefficient (Wildman–Crippen LogP) is 11.0. The lowest BCUT2D eigenvalue weighted by Crippen LogP contribution is -2.15. The quantitative estimate of drug-likeness (QED) is 0.153. The van der Waals surface area contributed by atoms with E-state index >= 15 is 0 Å². The molecule has 7 aromatic carbocycles. The molecule has 0 aliphatic carbocycles. The Balaban J connectivity index is 1.40. The summed E-state index contributed by atoms with van der Waals surface area (Å²) in [5.74, 6) is 0.212. The van der Waals surface area contributed by atoms with Crippen LogP contribution in [0.2, 0.25) is 0 Å². The van der Waals surface area contributed by atoms with Gasteiger partial charge < -0.3 is 13.7 Å². The molecule has 0 bridgehead atoms. The van der Waals surface area contributed by atoms with Crippen molar-refractivity contribution in [2.24, 2.45) is 0 Å². The molecule has 0 unspecified atom stereocenters. The van der Waals surface area contributed by atoms with Gasteiger partial charge in [0, 0.05) is 33.9 Å². The lowest BCUT2D eigenvalue weighted by atomic mass is 10.0. The maximum atomic E-state index is 14.0. The third-order valence-electron chi connectivity index (χ3n) is 8.76. The summed E-state index contributed by atoms with van der Waals surface area (Å²) >= 11 is 0. The normalized spacial score (nSPS) is 11.5. The van der Waals surface area contributed by atoms with Gasteiger partial charge in [-0.3, -0.25) is 0 Å². The third-order valence-corrected chi connectivity index (χ3v) is 10.0. The van der Waals surface area contributed by atoms with Crippen molar-refractivity contribution in [3.63, 3.8) is 0 Å². The molecule has 0 saturated carbocycles. The van der Waals surface area contributed by atoms with Gasteiger partial charge in [0.2, 0.25) is 0 Å². The highest BCUT2D eigenvalue weighted by atomic mass is 32.2. The van der Waals surface area contributed by atoms with Crippen molar-refractivity contribution in [2.45, 2.75) is 11.8 Å². The number of fused-ring (bicyclic) bond motifs is 3. The van der Waals surface area contributed by atoms with Crippen LogP contribution in [0.1, 0.15) is 5.56 Å². The molecule has 5 nitrogen and oxygen atoms in total. The summed E-state index contributed by atoms with van der Waals surface area (Å²) in [6.45, 7) is 1.92. The highest BCUT2D eigenvalue weighted by Gasteiger charge is 2.26. The Kier molecular flexibility index (Phi) is 7.71. The van der Waals surface area contributed by atoms with Crippen LogP contribution in [0.3, 0.4) is 0 Å². The summed E-state index contributed by atoms with van der Waals surface area (Å²) < 4.78 is 36.3. The number of para-hydroxylation sites is 3. The van der Waals surface area contributed by atoms with Crippen molar-refractivity contribution < 1.29 is 12.6 Å². The fraction of sp³-hybridized carbons (Fsp3) is 0.0233. The summed E-state index contributed by atoms with van der Waals surface area (Å²) in [5, 5.41) is 2.01. The van der Waals surface area contributed by atoms with Gasteiger partial charge in [0.15, 0.2) is 5.75 Å². The minimum atomic E-state index is -4.21. The van der Waals surface area contributed by atoms with Gasteiger partial charge in [0.25, 0.3) is 0 Å². The Morgan fingerprint density at radius 3 is 1.80 bits per heavy atom. The molecule has 0 fully saturated rings. The zero-order valence-corrected chi connectivity index (χ0v) is 27.6. The van der Waals surface area contributed by atoms with Crippen LogP contribution in [-0.4, -0.2) is 13.0 Å². The molecule has 8 rings (SSSR count). The van der Waals surface area contributed by atoms with E-state index in [0.717, 1.165) is 55.6 Å². The summed E-state index contributed by atoms with van der Waals surface area (Å²) in [7, 11) is -4.21. The fourth-order valence-electron chi connectivity index (χ4n) is 6.39. The Bertz CT molecular complexity index is 2510. The Hall–Kier alpha value is -6.11. The van der Waals surface area contributed by atoms with Gasteiger partial charge in [-0.25, -0.2) is 0 Å². The van der Waals surface area contributed by atoms with Crippen LogP contribution >= 0.6 is 0 Å². The first-order chi connectivity index (χ1) is 24.0. The van der Waals surface area contributed by atoms with Crippen LogP contribution < -0.4 is 9.08 Å². The van der Waals surface area contributed by atoms with E-state index in [-0.39, 0.29) is 10.6 Å². The fourth-order valence-corrected chi connectivity index (χ4v) is 7.33. The SMILES string of the molecule is Cc1ccc(S(=O)(=O)Oc2cc3c(cc2N(c2ccccc2)c2ccc(-c4ccccc4)cc2)c2ccccc2n3-c2ccccc2)cc1. The monoisotopic (exact) mass is 656 g/mol. The molecule has 1 heterocycles. The molecule has 0 saturated heterocycles. The predicted molar refractivity (Wildman–Crippen MR) is 200 cm³/mol. The van der Waals surface area contributed by atoms with Gasteiger partial charge in [0.05, 0.1) is 16.7 Å². The van der Waals surface area contributed by atoms with Crippen LogP contribution in [-0.2, 0) is 10.1 Å². The summed E-state index contributed by atoms with van der Waals surface area (Å²) in [4.78, 5) is 2.15. The molecule has 0 radical (unpaired) electrons. The van der Waals surface area contributed by atoms with Gasteiger partial charge in [-0.15, -0.1) is 0 Å². The van der Waals surface area contributed by atoms with Crippen LogP contribution in [0.5, 0.6) is 5.75 Å². The molecular formula is C43H32N2O3S. The molecule has 6 heteroatoms. The van der Waals surface area contributed by atoms with E-state index in [1.54, 1.807) is 24.3 Å². The van der Waals surface area contributed by atoms with Gasteiger partial charge in [-0.05, 0) is 78.7 Å². The second-order valence-electron chi connectivity index (χ2n) is 12.0. The maximum absolute atomic E-state index is 14.0. The van der Waals surface area contributed by atoms with Crippen LogP contribution in [0.15, 0.2) is 181 Å². The first kappa shape index (κ1) is 30.2. The van der Waals surface area contributed by atoms with E-state index in [2.05, 4.69) is 64.1 Å². The molecule has 238 valence electrons. The molecule has 1 aromatic heterocycles. The van der Waals surface area contributed by atoms with Crippen molar-refractivity contribution in [1.82, 2.24) is 4.57 Å². The first-order valence-corrected chi connectivity index (χ1v) is 17.5. The number of anilines is 3. The minimum absolute atomic E-state index is 0.0891. The van der Waals surface area contributed by atoms with E-state index in [4.69, 9.17) is 4.18 Å². The highest BCUT2D eigenvalue weighted by molar-refractivity contribution is 7.87. The average molecular weight is 657 g/mol. The lowest BCUT2D eigenvalue weighted by molar-refractivity contribution is 0.487. The zero-order chi connectivity index (χ0) is 33.4. The van der Waals surface area contributed by atoms with E-state index in [0.29, 0.717) is 5.69 Å². The Morgan fingerprint density at radius 2 is 1.10 bits per heavy atom. The standard InChI is InChI=1S/C43H32N2O3S/c1-31-21-27-37(28-22-31)49(46,47)48-43-30-41-39(38-19-11-12-20-40(38)45(41)35-17-9-4-10-18-35)29-42(43)44(34-15-7-3-8-16-34)36-25-23-33(24-26-36)32-13-5-2-6-14-32/h2-30H,1H3. The van der Waals surface area contributed by atoms with Crippen molar-refractivity contribution >= 4 is 49.0 Å². The summed E-state index contributed by atoms with van der Waals surface area (Å²) in [6, 6.07) is 57.4. The minimum Gasteiger partial charge on any atom is -0.377 e. The Labute approximate surface area is 286 Å². The second-order valence-corrected chi connectivity index (χ2v) is 13.5. The van der Waals surface area contributed by atoms with E-state index in [9.17, 15) is 8.42 Å². The summed E-state index contributed by atoms with van der Waals surface area (Å²) in [6.07, 6.45) is 0. The molecule has 0 spiro atoms. The number of aromatic nitrogens is 1. The van der Waals surface area contributed by atoms with E-state index < -0.39 is 10.1 Å². The molecule has 0 aliphatic heterocycles. The smallest absolute Gasteiger partial charge is 0.339 e. The Morgan fingerprint density at radius 1 is 0.531 bits per heavy atom. The van der Waals surface area contributed by atoms with Crippen molar-refractivity contribution in [3.05, 3.63) is 181 Å². The van der Waals surface area contributed by atoms with Gasteiger partial charge in [0.1, 0.15) is 4.90 Å². The largest absolute Gasteiger partial charge is 0.377 e. The second kappa shape index (κ2) is 12.5. The van der Waals surface area contributed by atoms with Crippen LogP contribution in [0, 0.1) is 6.92 Å². The molecule has 0 amide bonds. The topological polar surface area (TPSA) is 51.5 Å². The third kappa shape index (κ3) is 5.73. The number of hydrogen-bond donors (Lipinski definition) is 0. The molecule has 0 N–H and O–H groups in total.